The zero-order chi connectivity index (χ0) is 15.9. The number of benzene rings is 1. The van der Waals surface area contributed by atoms with Crippen molar-refractivity contribution in [3.8, 4) is 5.75 Å². The van der Waals surface area contributed by atoms with Gasteiger partial charge in [-0.15, -0.1) is 5.10 Å². The second kappa shape index (κ2) is 7.62. The molecule has 22 heavy (non-hydrogen) atoms. The van der Waals surface area contributed by atoms with Gasteiger partial charge in [-0.2, -0.15) is 4.98 Å². The van der Waals surface area contributed by atoms with Crippen molar-refractivity contribution in [2.45, 2.75) is 13.0 Å². The number of anilines is 1. The first-order valence-electron chi connectivity index (χ1n) is 6.67. The third kappa shape index (κ3) is 4.34. The minimum Gasteiger partial charge on any atom is -0.492 e. The standard InChI is InChI=1S/C13H17ClN6O2/c14-9-6-8(2-3-10(9)22-5-1-4-15)12(21)17-7-11-18-13(16)20-19-11/h2-3,6H,1,4-5,7,15H2,(H,17,21)(H3,16,18,19,20). The van der Waals surface area contributed by atoms with Crippen molar-refractivity contribution in [3.63, 3.8) is 0 Å². The number of carbonyl (C=O) groups is 1. The number of nitrogens with zero attached hydrogens (tertiary/aromatic N) is 2. The molecule has 8 nitrogen and oxygen atoms in total. The second-order valence-corrected chi connectivity index (χ2v) is 4.87. The van der Waals surface area contributed by atoms with Gasteiger partial charge in [0.25, 0.3) is 5.91 Å². The van der Waals surface area contributed by atoms with E-state index >= 15 is 0 Å². The van der Waals surface area contributed by atoms with Gasteiger partial charge in [-0.25, -0.2) is 0 Å². The summed E-state index contributed by atoms with van der Waals surface area (Å²) in [7, 11) is 0. The SMILES string of the molecule is NCCCOc1ccc(C(=O)NCc2nc(N)n[nH]2)cc1Cl. The van der Waals surface area contributed by atoms with Crippen molar-refractivity contribution in [2.75, 3.05) is 18.9 Å². The maximum Gasteiger partial charge on any atom is 0.251 e. The van der Waals surface area contributed by atoms with E-state index in [0.717, 1.165) is 6.42 Å². The third-order valence-corrected chi connectivity index (χ3v) is 3.06. The molecular formula is C13H17ClN6O2. The van der Waals surface area contributed by atoms with Crippen LogP contribution in [0.25, 0.3) is 0 Å². The number of aromatic amines is 1. The lowest BCUT2D eigenvalue weighted by molar-refractivity contribution is 0.0950. The number of amides is 1. The third-order valence-electron chi connectivity index (χ3n) is 2.77. The summed E-state index contributed by atoms with van der Waals surface area (Å²) in [5, 5.41) is 9.33. The Morgan fingerprint density at radius 2 is 2.27 bits per heavy atom. The minimum atomic E-state index is -0.287. The molecule has 1 amide bonds. The summed E-state index contributed by atoms with van der Waals surface area (Å²) in [6, 6.07) is 4.83. The van der Waals surface area contributed by atoms with Crippen molar-refractivity contribution in [3.05, 3.63) is 34.6 Å². The van der Waals surface area contributed by atoms with Crippen LogP contribution in [0.1, 0.15) is 22.6 Å². The van der Waals surface area contributed by atoms with Crippen LogP contribution in [0.15, 0.2) is 18.2 Å². The molecule has 1 aromatic heterocycles. The first kappa shape index (κ1) is 16.1. The largest absolute Gasteiger partial charge is 0.492 e. The summed E-state index contributed by atoms with van der Waals surface area (Å²) < 4.78 is 5.46. The second-order valence-electron chi connectivity index (χ2n) is 4.46. The van der Waals surface area contributed by atoms with Crippen molar-refractivity contribution >= 4 is 23.5 Å². The van der Waals surface area contributed by atoms with E-state index in [0.29, 0.717) is 35.3 Å². The Hall–Kier alpha value is -2.32. The van der Waals surface area contributed by atoms with Gasteiger partial charge in [-0.05, 0) is 31.2 Å². The fraction of sp³-hybridized carbons (Fsp3) is 0.308. The first-order valence-corrected chi connectivity index (χ1v) is 7.05. The molecule has 118 valence electrons. The monoisotopic (exact) mass is 324 g/mol. The van der Waals surface area contributed by atoms with Crippen LogP contribution < -0.4 is 21.5 Å². The number of hydrogen-bond donors (Lipinski definition) is 4. The maximum absolute atomic E-state index is 12.0. The maximum atomic E-state index is 12.0. The zero-order valence-electron chi connectivity index (χ0n) is 11.8. The Bertz CT molecular complexity index is 645. The Morgan fingerprint density at radius 1 is 1.45 bits per heavy atom. The number of H-pyrrole nitrogens is 1. The average molecular weight is 325 g/mol. The molecule has 0 radical (unpaired) electrons. The highest BCUT2D eigenvalue weighted by molar-refractivity contribution is 6.32. The molecule has 2 rings (SSSR count). The van der Waals surface area contributed by atoms with Crippen LogP contribution in [0.3, 0.4) is 0 Å². The van der Waals surface area contributed by atoms with Crippen molar-refractivity contribution in [1.82, 2.24) is 20.5 Å². The van der Waals surface area contributed by atoms with E-state index in [1.807, 2.05) is 0 Å². The van der Waals surface area contributed by atoms with Crippen LogP contribution in [0.2, 0.25) is 5.02 Å². The lowest BCUT2D eigenvalue weighted by Crippen LogP contribution is -2.23. The van der Waals surface area contributed by atoms with E-state index in [2.05, 4.69) is 20.5 Å². The molecule has 0 fully saturated rings. The van der Waals surface area contributed by atoms with Crippen LogP contribution in [-0.2, 0) is 6.54 Å². The summed E-state index contributed by atoms with van der Waals surface area (Å²) in [4.78, 5) is 15.9. The van der Waals surface area contributed by atoms with Gasteiger partial charge in [0.1, 0.15) is 11.6 Å². The van der Waals surface area contributed by atoms with Gasteiger partial charge in [-0.1, -0.05) is 11.6 Å². The van der Waals surface area contributed by atoms with E-state index in [1.54, 1.807) is 18.2 Å². The predicted octanol–water partition coefficient (Wildman–Crippen LogP) is 0.698. The summed E-state index contributed by atoms with van der Waals surface area (Å²) in [5.41, 5.74) is 11.2. The lowest BCUT2D eigenvalue weighted by atomic mass is 10.2. The molecule has 6 N–H and O–H groups in total. The minimum absolute atomic E-state index is 0.131. The Labute approximate surface area is 132 Å². The molecule has 2 aromatic rings. The fourth-order valence-corrected chi connectivity index (χ4v) is 1.91. The van der Waals surface area contributed by atoms with Crippen molar-refractivity contribution in [2.24, 2.45) is 5.73 Å². The highest BCUT2D eigenvalue weighted by Gasteiger charge is 2.10. The molecule has 1 aromatic carbocycles. The molecule has 0 saturated carbocycles. The van der Waals surface area contributed by atoms with E-state index in [1.165, 1.54) is 0 Å². The first-order chi connectivity index (χ1) is 10.6. The van der Waals surface area contributed by atoms with E-state index in [4.69, 9.17) is 27.8 Å². The molecule has 0 aliphatic carbocycles. The molecule has 0 aliphatic heterocycles. The topological polar surface area (TPSA) is 132 Å². The zero-order valence-corrected chi connectivity index (χ0v) is 12.6. The summed E-state index contributed by atoms with van der Waals surface area (Å²) in [6.07, 6.45) is 0.735. The van der Waals surface area contributed by atoms with E-state index < -0.39 is 0 Å². The number of carbonyl (C=O) groups excluding carboxylic acids is 1. The number of nitrogens with one attached hydrogen (secondary N) is 2. The summed E-state index contributed by atoms with van der Waals surface area (Å²) in [5.74, 6) is 0.838. The number of aromatic nitrogens is 3. The fourth-order valence-electron chi connectivity index (χ4n) is 1.68. The molecule has 0 bridgehead atoms. The molecule has 0 saturated heterocycles. The van der Waals surface area contributed by atoms with Gasteiger partial charge < -0.3 is 21.5 Å². The number of hydrogen-bond acceptors (Lipinski definition) is 6. The Balaban J connectivity index is 1.93. The average Bonchev–Trinajstić information content (AvgIpc) is 2.92. The number of rotatable bonds is 7. The van der Waals surface area contributed by atoms with E-state index in [-0.39, 0.29) is 18.4 Å². The number of nitrogens with two attached hydrogens (primary N) is 2. The number of ether oxygens (including phenoxy) is 1. The van der Waals surface area contributed by atoms with Gasteiger partial charge in [0.05, 0.1) is 18.2 Å². The molecule has 1 heterocycles. The highest BCUT2D eigenvalue weighted by atomic mass is 35.5. The van der Waals surface area contributed by atoms with Crippen molar-refractivity contribution in [1.29, 1.82) is 0 Å². The number of halogens is 1. The normalized spacial score (nSPS) is 10.5. The number of nitrogen functional groups attached to an aromatic ring is 1. The van der Waals surface area contributed by atoms with Gasteiger partial charge >= 0.3 is 0 Å². The molecule has 0 aliphatic rings. The molecular weight excluding hydrogens is 308 g/mol. The lowest BCUT2D eigenvalue weighted by Gasteiger charge is -2.09. The van der Waals surface area contributed by atoms with Crippen LogP contribution in [0, 0.1) is 0 Å². The summed E-state index contributed by atoms with van der Waals surface area (Å²) in [6.45, 7) is 1.22. The Morgan fingerprint density at radius 3 is 2.91 bits per heavy atom. The van der Waals surface area contributed by atoms with Gasteiger partial charge in [0.2, 0.25) is 5.95 Å². The van der Waals surface area contributed by atoms with Crippen LogP contribution in [-0.4, -0.2) is 34.2 Å². The quantitative estimate of drug-likeness (QED) is 0.554. The predicted molar refractivity (Wildman–Crippen MR) is 82.6 cm³/mol. The van der Waals surface area contributed by atoms with Crippen molar-refractivity contribution < 1.29 is 9.53 Å². The van der Waals surface area contributed by atoms with Gasteiger partial charge in [-0.3, -0.25) is 9.89 Å². The van der Waals surface area contributed by atoms with E-state index in [9.17, 15) is 4.79 Å². The summed E-state index contributed by atoms with van der Waals surface area (Å²) >= 11 is 6.09. The van der Waals surface area contributed by atoms with Crippen LogP contribution in [0.5, 0.6) is 5.75 Å². The molecule has 0 unspecified atom stereocenters. The Kier molecular flexibility index (Phi) is 5.56. The van der Waals surface area contributed by atoms with Gasteiger partial charge in [0.15, 0.2) is 0 Å². The van der Waals surface area contributed by atoms with Crippen LogP contribution >= 0.6 is 11.6 Å². The van der Waals surface area contributed by atoms with Crippen LogP contribution in [0.4, 0.5) is 5.95 Å². The highest BCUT2D eigenvalue weighted by Crippen LogP contribution is 2.25. The molecule has 0 atom stereocenters. The van der Waals surface area contributed by atoms with Gasteiger partial charge in [0, 0.05) is 5.56 Å². The smallest absolute Gasteiger partial charge is 0.251 e. The molecule has 9 heteroatoms. The molecule has 0 spiro atoms.